The average molecular weight is 523 g/mol. The van der Waals surface area contributed by atoms with Crippen LogP contribution in [0.4, 0.5) is 17.5 Å². The zero-order valence-electron chi connectivity index (χ0n) is 21.6. The van der Waals surface area contributed by atoms with Gasteiger partial charge in [-0.05, 0) is 49.2 Å². The normalized spacial score (nSPS) is 19.0. The Kier molecular flexibility index (Phi) is 5.41. The van der Waals surface area contributed by atoms with E-state index in [1.165, 1.54) is 6.33 Å². The van der Waals surface area contributed by atoms with Crippen molar-refractivity contribution in [3.63, 3.8) is 0 Å². The van der Waals surface area contributed by atoms with Gasteiger partial charge in [-0.3, -0.25) is 9.69 Å². The highest BCUT2D eigenvalue weighted by molar-refractivity contribution is 5.96. The zero-order valence-corrected chi connectivity index (χ0v) is 21.6. The van der Waals surface area contributed by atoms with Crippen LogP contribution in [-0.4, -0.2) is 55.2 Å². The van der Waals surface area contributed by atoms with Gasteiger partial charge in [0.1, 0.15) is 28.9 Å². The molecule has 2 saturated heterocycles. The highest BCUT2D eigenvalue weighted by Gasteiger charge is 2.47. The van der Waals surface area contributed by atoms with Crippen molar-refractivity contribution in [2.75, 3.05) is 30.0 Å². The lowest BCUT2D eigenvalue weighted by atomic mass is 9.87. The lowest BCUT2D eigenvalue weighted by Gasteiger charge is -2.20. The second kappa shape index (κ2) is 8.98. The molecule has 196 valence electrons. The number of benzene rings is 2. The molecule has 0 saturated carbocycles. The predicted molar refractivity (Wildman–Crippen MR) is 145 cm³/mol. The van der Waals surface area contributed by atoms with E-state index >= 15 is 0 Å². The Hall–Kier alpha value is -4.64. The largest absolute Gasteiger partial charge is 0.457 e. The zero-order chi connectivity index (χ0) is 26.6. The maximum Gasteiger partial charge on any atom is 0.232 e. The van der Waals surface area contributed by atoms with E-state index in [1.807, 2.05) is 54.9 Å². The predicted octanol–water partition coefficient (Wildman–Crippen LogP) is 4.29. The van der Waals surface area contributed by atoms with Crippen LogP contribution >= 0.6 is 0 Å². The van der Waals surface area contributed by atoms with Crippen molar-refractivity contribution in [3.8, 4) is 11.5 Å². The van der Waals surface area contributed by atoms with E-state index in [1.54, 1.807) is 17.4 Å². The Labute approximate surface area is 223 Å². The number of rotatable bonds is 5. The Bertz CT molecular complexity index is 1740. The van der Waals surface area contributed by atoms with Crippen molar-refractivity contribution in [2.45, 2.75) is 19.8 Å². The van der Waals surface area contributed by atoms with Gasteiger partial charge in [-0.25, -0.2) is 24.9 Å². The van der Waals surface area contributed by atoms with Crippen molar-refractivity contribution < 1.29 is 14.3 Å². The molecule has 0 unspecified atom stereocenters. The molecule has 7 rings (SSSR count). The number of aromatic nitrogens is 6. The average Bonchev–Trinajstić information content (AvgIpc) is 3.64. The molecule has 3 aromatic heterocycles. The summed E-state index contributed by atoms with van der Waals surface area (Å²) in [5.74, 6) is 2.37. The summed E-state index contributed by atoms with van der Waals surface area (Å²) in [5.41, 5.74) is 4.67. The maximum atomic E-state index is 12.8. The van der Waals surface area contributed by atoms with Gasteiger partial charge in [-0.2, -0.15) is 0 Å². The molecule has 39 heavy (non-hydrogen) atoms. The molecule has 2 aliphatic rings. The van der Waals surface area contributed by atoms with Crippen LogP contribution in [0.2, 0.25) is 0 Å². The summed E-state index contributed by atoms with van der Waals surface area (Å²) < 4.78 is 13.7. The molecular weight excluding hydrogens is 496 g/mol. The first-order chi connectivity index (χ1) is 19.0. The van der Waals surface area contributed by atoms with Crippen molar-refractivity contribution in [3.05, 3.63) is 60.8 Å². The van der Waals surface area contributed by atoms with Crippen LogP contribution in [0, 0.1) is 12.3 Å². The smallest absolute Gasteiger partial charge is 0.232 e. The number of carbonyl (C=O) groups is 1. The van der Waals surface area contributed by atoms with E-state index in [4.69, 9.17) is 14.5 Å². The summed E-state index contributed by atoms with van der Waals surface area (Å²) >= 11 is 0. The summed E-state index contributed by atoms with van der Waals surface area (Å²) in [5, 5.41) is 3.35. The molecule has 1 N–H and O–H groups in total. The fourth-order valence-electron chi connectivity index (χ4n) is 5.34. The van der Waals surface area contributed by atoms with E-state index in [0.717, 1.165) is 40.2 Å². The number of imidazole rings is 1. The van der Waals surface area contributed by atoms with Crippen molar-refractivity contribution in [1.82, 2.24) is 29.5 Å². The SMILES string of the molecule is Cc1cc(Nc2ncnc3cnc(N4C[C@]5(CCOC5)CC4=O)nc23)ccc1Oc1ccc2c(c1)ncn2C. The fraction of sp³-hybridized carbons (Fsp3) is 0.286. The third kappa shape index (κ3) is 4.20. The topological polar surface area (TPSA) is 120 Å². The standard InChI is InChI=1S/C28H26N8O3/c1-17-9-18(3-6-23(17)39-19-4-5-22-20(10-19)32-16-35(22)2)33-26-25-21(30-15-31-26)12-29-27(34-25)36-13-28(11-24(36)37)7-8-38-14-28/h3-6,9-10,12,15-16H,7-8,11,13-14H2,1-2H3,(H,30,31,33)/t28-/m0/s1. The van der Waals surface area contributed by atoms with Gasteiger partial charge in [0.2, 0.25) is 11.9 Å². The summed E-state index contributed by atoms with van der Waals surface area (Å²) in [6, 6.07) is 11.7. The van der Waals surface area contributed by atoms with Crippen molar-refractivity contribution in [1.29, 1.82) is 0 Å². The quantitative estimate of drug-likeness (QED) is 0.360. The highest BCUT2D eigenvalue weighted by atomic mass is 16.5. The van der Waals surface area contributed by atoms with Gasteiger partial charge in [0, 0.05) is 43.8 Å². The number of hydrogen-bond donors (Lipinski definition) is 1. The van der Waals surface area contributed by atoms with Crippen molar-refractivity contribution >= 4 is 45.4 Å². The molecule has 1 amide bonds. The summed E-state index contributed by atoms with van der Waals surface area (Å²) in [7, 11) is 1.96. The third-order valence-electron chi connectivity index (χ3n) is 7.47. The Morgan fingerprint density at radius 3 is 2.85 bits per heavy atom. The molecule has 5 aromatic rings. The van der Waals surface area contributed by atoms with Gasteiger partial charge in [0.25, 0.3) is 0 Å². The Balaban J connectivity index is 1.14. The Morgan fingerprint density at radius 1 is 1.08 bits per heavy atom. The number of aryl methyl sites for hydroxylation is 2. The number of hydrogen-bond acceptors (Lipinski definition) is 9. The van der Waals surface area contributed by atoms with Gasteiger partial charge in [-0.15, -0.1) is 0 Å². The molecule has 5 heterocycles. The van der Waals surface area contributed by atoms with Crippen LogP contribution in [0.15, 0.2) is 55.2 Å². The summed E-state index contributed by atoms with van der Waals surface area (Å²) in [6.45, 7) is 3.82. The molecule has 2 aliphatic heterocycles. The lowest BCUT2D eigenvalue weighted by Crippen LogP contribution is -2.30. The van der Waals surface area contributed by atoms with Gasteiger partial charge in [0.15, 0.2) is 5.82 Å². The van der Waals surface area contributed by atoms with E-state index in [0.29, 0.717) is 49.0 Å². The molecule has 2 fully saturated rings. The minimum absolute atomic E-state index is 0.0135. The second-order valence-corrected chi connectivity index (χ2v) is 10.3. The van der Waals surface area contributed by atoms with Crippen LogP contribution < -0.4 is 15.0 Å². The minimum Gasteiger partial charge on any atom is -0.457 e. The molecule has 1 atom stereocenters. The molecular formula is C28H26N8O3. The number of anilines is 3. The summed E-state index contributed by atoms with van der Waals surface area (Å²) in [4.78, 5) is 36.8. The number of nitrogens with zero attached hydrogens (tertiary/aromatic N) is 7. The van der Waals surface area contributed by atoms with Crippen LogP contribution in [0.1, 0.15) is 18.4 Å². The maximum absolute atomic E-state index is 12.8. The van der Waals surface area contributed by atoms with Gasteiger partial charge in [0.05, 0.1) is 30.2 Å². The van der Waals surface area contributed by atoms with E-state index < -0.39 is 0 Å². The van der Waals surface area contributed by atoms with Crippen LogP contribution in [0.25, 0.3) is 22.1 Å². The van der Waals surface area contributed by atoms with Gasteiger partial charge >= 0.3 is 0 Å². The van der Waals surface area contributed by atoms with Crippen LogP contribution in [-0.2, 0) is 16.6 Å². The molecule has 0 bridgehead atoms. The fourth-order valence-corrected chi connectivity index (χ4v) is 5.34. The van der Waals surface area contributed by atoms with Gasteiger partial charge in [-0.1, -0.05) is 0 Å². The molecule has 11 heteroatoms. The number of amides is 1. The Morgan fingerprint density at radius 2 is 2.00 bits per heavy atom. The molecule has 0 radical (unpaired) electrons. The monoisotopic (exact) mass is 522 g/mol. The highest BCUT2D eigenvalue weighted by Crippen LogP contribution is 2.40. The first-order valence-electron chi connectivity index (χ1n) is 12.8. The molecule has 2 aromatic carbocycles. The van der Waals surface area contributed by atoms with Gasteiger partial charge < -0.3 is 19.4 Å². The number of nitrogens with one attached hydrogen (secondary N) is 1. The first kappa shape index (κ1) is 23.5. The molecule has 11 nitrogen and oxygen atoms in total. The number of fused-ring (bicyclic) bond motifs is 2. The van der Waals surface area contributed by atoms with E-state index in [9.17, 15) is 4.79 Å². The number of ether oxygens (including phenoxy) is 2. The minimum atomic E-state index is -0.144. The molecule has 1 spiro atoms. The molecule has 0 aliphatic carbocycles. The second-order valence-electron chi connectivity index (χ2n) is 10.3. The lowest BCUT2D eigenvalue weighted by molar-refractivity contribution is -0.117. The van der Waals surface area contributed by atoms with E-state index in [-0.39, 0.29) is 11.3 Å². The van der Waals surface area contributed by atoms with Crippen molar-refractivity contribution in [2.24, 2.45) is 12.5 Å². The first-order valence-corrected chi connectivity index (χ1v) is 12.8. The number of carbonyl (C=O) groups excluding carboxylic acids is 1. The van der Waals surface area contributed by atoms with E-state index in [2.05, 4.69) is 25.3 Å². The van der Waals surface area contributed by atoms with Crippen LogP contribution in [0.3, 0.4) is 0 Å². The third-order valence-corrected chi connectivity index (χ3v) is 7.47. The summed E-state index contributed by atoms with van der Waals surface area (Å²) in [6.07, 6.45) is 6.21. The van der Waals surface area contributed by atoms with Crippen LogP contribution in [0.5, 0.6) is 11.5 Å².